The van der Waals surface area contributed by atoms with Crippen LogP contribution in [-0.4, -0.2) is 24.7 Å². The van der Waals surface area contributed by atoms with Crippen molar-refractivity contribution in [3.8, 4) is 0 Å². The Balaban J connectivity index is 0.000000406. The minimum absolute atomic E-state index is 0.282. The Bertz CT molecular complexity index is 548. The van der Waals surface area contributed by atoms with Crippen LogP contribution in [0.15, 0.2) is 31.0 Å². The number of aromatic amines is 1. The molecule has 0 fully saturated rings. The molecule has 0 saturated heterocycles. The van der Waals surface area contributed by atoms with Gasteiger partial charge in [0.1, 0.15) is 5.15 Å². The van der Waals surface area contributed by atoms with Gasteiger partial charge in [0.15, 0.2) is 9.76 Å². The largest absolute Gasteiger partial charge is 0.415 e. The summed E-state index contributed by atoms with van der Waals surface area (Å²) in [6.07, 6.45) is 6.83. The van der Waals surface area contributed by atoms with E-state index in [1.54, 1.807) is 24.9 Å². The van der Waals surface area contributed by atoms with Gasteiger partial charge in [-0.15, -0.1) is 0 Å². The zero-order valence-corrected chi connectivity index (χ0v) is 16.4. The van der Waals surface area contributed by atoms with Crippen molar-refractivity contribution in [1.82, 2.24) is 15.0 Å². The summed E-state index contributed by atoms with van der Waals surface area (Å²) in [6, 6.07) is 2.00. The maximum absolute atomic E-state index is 6.17. The molecule has 0 aliphatic carbocycles. The first-order chi connectivity index (χ1) is 10.1. The quantitative estimate of drug-likeness (QED) is 0.679. The first-order valence-electron chi connectivity index (χ1n) is 7.32. The Morgan fingerprint density at radius 3 is 2.32 bits per heavy atom. The molecule has 0 aliphatic heterocycles. The lowest BCUT2D eigenvalue weighted by atomic mass is 9.96. The monoisotopic (exact) mass is 339 g/mol. The molecular formula is C16H26ClN3OSi. The van der Waals surface area contributed by atoms with Gasteiger partial charge in [-0.05, 0) is 43.0 Å². The Morgan fingerprint density at radius 2 is 1.86 bits per heavy atom. The molecule has 4 nitrogen and oxygen atoms in total. The number of nitrogens with one attached hydrogen (secondary N) is 1. The first kappa shape index (κ1) is 18.9. The predicted octanol–water partition coefficient (Wildman–Crippen LogP) is 4.01. The van der Waals surface area contributed by atoms with Gasteiger partial charge in [0.25, 0.3) is 0 Å². The Labute approximate surface area is 140 Å². The van der Waals surface area contributed by atoms with Crippen LogP contribution in [0, 0.1) is 6.92 Å². The van der Waals surface area contributed by atoms with Crippen molar-refractivity contribution >= 4 is 21.4 Å². The van der Waals surface area contributed by atoms with Gasteiger partial charge in [-0.25, -0.2) is 9.97 Å². The number of hydrogen-bond acceptors (Lipinski definition) is 3. The van der Waals surface area contributed by atoms with E-state index in [-0.39, 0.29) is 5.60 Å². The van der Waals surface area contributed by atoms with Gasteiger partial charge in [0, 0.05) is 18.6 Å². The highest BCUT2D eigenvalue weighted by atomic mass is 35.5. The molecule has 2 aromatic rings. The van der Waals surface area contributed by atoms with E-state index in [0.29, 0.717) is 10.2 Å². The molecule has 122 valence electrons. The molecule has 22 heavy (non-hydrogen) atoms. The van der Waals surface area contributed by atoms with E-state index >= 15 is 0 Å². The summed E-state index contributed by atoms with van der Waals surface area (Å²) in [7, 11) is -0.590. The van der Waals surface area contributed by atoms with Gasteiger partial charge in [-0.1, -0.05) is 32.4 Å². The SMILES string of the molecule is Cc1c(C(C)(C)O[SiH2]C(C)(C)C)ccnc1Cl.c1c[nH]cn1. The molecule has 2 heterocycles. The number of halogens is 1. The van der Waals surface area contributed by atoms with Crippen LogP contribution in [0.5, 0.6) is 0 Å². The number of imidazole rings is 1. The summed E-state index contributed by atoms with van der Waals surface area (Å²) in [6.45, 7) is 12.9. The third-order valence-electron chi connectivity index (χ3n) is 3.06. The molecule has 0 aromatic carbocycles. The predicted molar refractivity (Wildman–Crippen MR) is 94.9 cm³/mol. The van der Waals surface area contributed by atoms with Crippen LogP contribution in [0.3, 0.4) is 0 Å². The van der Waals surface area contributed by atoms with Crippen LogP contribution in [-0.2, 0) is 10.0 Å². The zero-order valence-electron chi connectivity index (χ0n) is 14.3. The second-order valence-electron chi connectivity index (χ2n) is 6.89. The van der Waals surface area contributed by atoms with Crippen molar-refractivity contribution in [3.63, 3.8) is 0 Å². The summed E-state index contributed by atoms with van der Waals surface area (Å²) in [5.41, 5.74) is 1.87. The summed E-state index contributed by atoms with van der Waals surface area (Å²) < 4.78 is 6.17. The summed E-state index contributed by atoms with van der Waals surface area (Å²) in [5, 5.41) is 0.860. The molecule has 0 spiro atoms. The molecule has 0 atom stereocenters. The molecule has 0 unspecified atom stereocenters. The number of pyridine rings is 1. The minimum Gasteiger partial charge on any atom is -0.415 e. The highest BCUT2D eigenvalue weighted by Crippen LogP contribution is 2.32. The smallest absolute Gasteiger partial charge is 0.168 e. The van der Waals surface area contributed by atoms with Gasteiger partial charge < -0.3 is 9.41 Å². The fourth-order valence-electron chi connectivity index (χ4n) is 1.85. The molecule has 0 radical (unpaired) electrons. The molecule has 0 amide bonds. The molecule has 0 saturated carbocycles. The number of aromatic nitrogens is 3. The van der Waals surface area contributed by atoms with Crippen LogP contribution >= 0.6 is 11.6 Å². The van der Waals surface area contributed by atoms with Crippen LogP contribution in [0.2, 0.25) is 10.2 Å². The lowest BCUT2D eigenvalue weighted by molar-refractivity contribution is 0.108. The van der Waals surface area contributed by atoms with E-state index in [1.165, 1.54) is 0 Å². The highest BCUT2D eigenvalue weighted by molar-refractivity contribution is 6.32. The first-order valence-corrected chi connectivity index (χ1v) is 8.98. The molecular weight excluding hydrogens is 314 g/mol. The normalized spacial score (nSPS) is 12.3. The molecule has 0 bridgehead atoms. The van der Waals surface area contributed by atoms with Crippen molar-refractivity contribution in [2.24, 2.45) is 0 Å². The van der Waals surface area contributed by atoms with E-state index in [9.17, 15) is 0 Å². The fourth-order valence-corrected chi connectivity index (χ4v) is 2.96. The van der Waals surface area contributed by atoms with Crippen molar-refractivity contribution in [1.29, 1.82) is 0 Å². The topological polar surface area (TPSA) is 50.8 Å². The summed E-state index contributed by atoms with van der Waals surface area (Å²) >= 11 is 6.05. The Hall–Kier alpha value is -1.17. The van der Waals surface area contributed by atoms with Gasteiger partial charge in [0.2, 0.25) is 0 Å². The van der Waals surface area contributed by atoms with Gasteiger partial charge in [-0.2, -0.15) is 0 Å². The van der Waals surface area contributed by atoms with Gasteiger partial charge >= 0.3 is 0 Å². The van der Waals surface area contributed by atoms with E-state index in [1.807, 2.05) is 13.0 Å². The van der Waals surface area contributed by atoms with Gasteiger partial charge in [0.05, 0.1) is 11.9 Å². The standard InChI is InChI=1S/C13H22ClNOSi.C3H4N2/c1-9-10(7-8-15-11(9)14)13(5,6)16-17-12(2,3)4;1-2-5-3-4-1/h7-8H,17H2,1-6H3;1-3H,(H,4,5). The second-order valence-corrected chi connectivity index (χ2v) is 9.95. The lowest BCUT2D eigenvalue weighted by Gasteiger charge is -2.31. The van der Waals surface area contributed by atoms with Gasteiger partial charge in [-0.3, -0.25) is 0 Å². The van der Waals surface area contributed by atoms with Crippen molar-refractivity contribution in [2.45, 2.75) is 52.2 Å². The van der Waals surface area contributed by atoms with E-state index in [4.69, 9.17) is 16.0 Å². The molecule has 6 heteroatoms. The molecule has 1 N–H and O–H groups in total. The molecule has 2 aromatic heterocycles. The van der Waals surface area contributed by atoms with Crippen LogP contribution in [0.4, 0.5) is 0 Å². The van der Waals surface area contributed by atoms with Crippen LogP contribution in [0.25, 0.3) is 0 Å². The fraction of sp³-hybridized carbons (Fsp3) is 0.500. The third kappa shape index (κ3) is 6.30. The number of rotatable bonds is 3. The van der Waals surface area contributed by atoms with Crippen molar-refractivity contribution < 1.29 is 4.43 Å². The lowest BCUT2D eigenvalue weighted by Crippen LogP contribution is -2.28. The molecule has 0 aliphatic rings. The Kier molecular flexibility index (Phi) is 6.78. The van der Waals surface area contributed by atoms with E-state index in [2.05, 4.69) is 49.6 Å². The Morgan fingerprint density at radius 1 is 1.18 bits per heavy atom. The number of hydrogen-bond donors (Lipinski definition) is 1. The molecule has 2 rings (SSSR count). The van der Waals surface area contributed by atoms with Crippen LogP contribution < -0.4 is 0 Å². The number of H-pyrrole nitrogens is 1. The van der Waals surface area contributed by atoms with Crippen LogP contribution in [0.1, 0.15) is 45.7 Å². The average Bonchev–Trinajstić information content (AvgIpc) is 2.98. The zero-order chi connectivity index (χ0) is 16.8. The third-order valence-corrected chi connectivity index (χ3v) is 5.18. The number of nitrogens with zero attached hydrogens (tertiary/aromatic N) is 2. The highest BCUT2D eigenvalue weighted by Gasteiger charge is 2.26. The maximum Gasteiger partial charge on any atom is 0.168 e. The second kappa shape index (κ2) is 7.90. The van der Waals surface area contributed by atoms with E-state index < -0.39 is 9.76 Å². The van der Waals surface area contributed by atoms with Crippen molar-refractivity contribution in [3.05, 3.63) is 47.3 Å². The van der Waals surface area contributed by atoms with E-state index in [0.717, 1.165) is 11.1 Å². The summed E-state index contributed by atoms with van der Waals surface area (Å²) in [5.74, 6) is 0. The van der Waals surface area contributed by atoms with Crippen molar-refractivity contribution in [2.75, 3.05) is 0 Å². The maximum atomic E-state index is 6.17. The minimum atomic E-state index is -0.590. The average molecular weight is 340 g/mol. The summed E-state index contributed by atoms with van der Waals surface area (Å²) in [4.78, 5) is 10.5.